The summed E-state index contributed by atoms with van der Waals surface area (Å²) in [5.41, 5.74) is 2.38. The van der Waals surface area contributed by atoms with E-state index < -0.39 is 0 Å². The number of hydrogen-bond acceptors (Lipinski definition) is 6. The third-order valence-corrected chi connectivity index (χ3v) is 6.10. The quantitative estimate of drug-likeness (QED) is 0.539. The maximum absolute atomic E-state index is 4.94. The summed E-state index contributed by atoms with van der Waals surface area (Å²) in [6.45, 7) is 12.2. The third kappa shape index (κ3) is 5.33. The van der Waals surface area contributed by atoms with Gasteiger partial charge in [-0.2, -0.15) is 11.3 Å². The normalized spacial score (nSPS) is 17.3. The highest BCUT2D eigenvalue weighted by Crippen LogP contribution is 2.22. The number of aromatic nitrogens is 1. The van der Waals surface area contributed by atoms with Gasteiger partial charge in [0, 0.05) is 52.4 Å². The Balaban J connectivity index is 1.53. The number of aliphatic imine (C=N–C) groups is 1. The SMILES string of the molecule is CCN(CC)C(CNC(=NC)N1CCN(Cc2ccon2)CC1)c1ccsc1. The number of hydrogen-bond donors (Lipinski definition) is 1. The number of thiophene rings is 1. The van der Waals surface area contributed by atoms with E-state index in [0.717, 1.165) is 64.0 Å². The molecule has 2 aromatic heterocycles. The van der Waals surface area contributed by atoms with Crippen LogP contribution in [0.1, 0.15) is 31.1 Å². The molecule has 0 radical (unpaired) electrons. The minimum Gasteiger partial charge on any atom is -0.364 e. The van der Waals surface area contributed by atoms with Gasteiger partial charge in [0.15, 0.2) is 5.96 Å². The molecule has 154 valence electrons. The van der Waals surface area contributed by atoms with Crippen molar-refractivity contribution >= 4 is 17.3 Å². The molecule has 0 amide bonds. The predicted octanol–water partition coefficient (Wildman–Crippen LogP) is 2.51. The predicted molar refractivity (Wildman–Crippen MR) is 115 cm³/mol. The highest BCUT2D eigenvalue weighted by molar-refractivity contribution is 7.07. The van der Waals surface area contributed by atoms with Crippen LogP contribution in [0.3, 0.4) is 0 Å². The van der Waals surface area contributed by atoms with E-state index in [2.05, 4.69) is 60.8 Å². The van der Waals surface area contributed by atoms with Crippen LogP contribution in [0.2, 0.25) is 0 Å². The minimum absolute atomic E-state index is 0.367. The summed E-state index contributed by atoms with van der Waals surface area (Å²) in [6.07, 6.45) is 1.64. The zero-order chi connectivity index (χ0) is 19.8. The fourth-order valence-corrected chi connectivity index (χ4v) is 4.48. The lowest BCUT2D eigenvalue weighted by Crippen LogP contribution is -2.53. The first kappa shape index (κ1) is 20.8. The molecule has 3 heterocycles. The van der Waals surface area contributed by atoms with Gasteiger partial charge in [-0.05, 0) is 35.5 Å². The first-order chi connectivity index (χ1) is 13.7. The molecule has 0 bridgehead atoms. The van der Waals surface area contributed by atoms with Crippen LogP contribution in [0.5, 0.6) is 0 Å². The van der Waals surface area contributed by atoms with Crippen LogP contribution in [0.15, 0.2) is 38.7 Å². The lowest BCUT2D eigenvalue weighted by atomic mass is 10.1. The van der Waals surface area contributed by atoms with Gasteiger partial charge < -0.3 is 14.7 Å². The Morgan fingerprint density at radius 1 is 1.29 bits per heavy atom. The summed E-state index contributed by atoms with van der Waals surface area (Å²) in [5.74, 6) is 0.994. The molecule has 1 saturated heterocycles. The van der Waals surface area contributed by atoms with Crippen molar-refractivity contribution in [2.45, 2.75) is 26.4 Å². The van der Waals surface area contributed by atoms with Gasteiger partial charge in [-0.1, -0.05) is 19.0 Å². The van der Waals surface area contributed by atoms with Crippen LogP contribution in [0.4, 0.5) is 0 Å². The van der Waals surface area contributed by atoms with Gasteiger partial charge in [0.1, 0.15) is 6.26 Å². The fraction of sp³-hybridized carbons (Fsp3) is 0.600. The Hall–Kier alpha value is -1.90. The van der Waals surface area contributed by atoms with E-state index in [1.54, 1.807) is 17.6 Å². The number of piperazine rings is 1. The molecule has 1 atom stereocenters. The average Bonchev–Trinajstić information content (AvgIpc) is 3.43. The van der Waals surface area contributed by atoms with Crippen molar-refractivity contribution in [2.75, 3.05) is 52.9 Å². The Morgan fingerprint density at radius 2 is 2.07 bits per heavy atom. The second kappa shape index (κ2) is 10.6. The van der Waals surface area contributed by atoms with Crippen molar-refractivity contribution < 1.29 is 4.52 Å². The van der Waals surface area contributed by atoms with Crippen molar-refractivity contribution in [1.82, 2.24) is 25.2 Å². The first-order valence-corrected chi connectivity index (χ1v) is 11.0. The Bertz CT molecular complexity index is 690. The first-order valence-electron chi connectivity index (χ1n) is 10.1. The molecule has 1 N–H and O–H groups in total. The number of rotatable bonds is 8. The van der Waals surface area contributed by atoms with Crippen molar-refractivity contribution in [2.24, 2.45) is 4.99 Å². The van der Waals surface area contributed by atoms with Gasteiger partial charge in [-0.15, -0.1) is 0 Å². The van der Waals surface area contributed by atoms with Gasteiger partial charge in [0.25, 0.3) is 0 Å². The monoisotopic (exact) mass is 404 g/mol. The lowest BCUT2D eigenvalue weighted by Gasteiger charge is -2.37. The van der Waals surface area contributed by atoms with Gasteiger partial charge in [-0.3, -0.25) is 14.8 Å². The molecule has 1 unspecified atom stereocenters. The van der Waals surface area contributed by atoms with Crippen LogP contribution >= 0.6 is 11.3 Å². The molecule has 0 aromatic carbocycles. The van der Waals surface area contributed by atoms with Crippen LogP contribution in [0, 0.1) is 0 Å². The molecule has 0 aliphatic carbocycles. The lowest BCUT2D eigenvalue weighted by molar-refractivity contribution is 0.167. The average molecular weight is 405 g/mol. The molecule has 2 aromatic rings. The molecule has 1 aliphatic heterocycles. The zero-order valence-electron chi connectivity index (χ0n) is 17.2. The summed E-state index contributed by atoms with van der Waals surface area (Å²) in [5, 5.41) is 12.1. The third-order valence-electron chi connectivity index (χ3n) is 5.40. The van der Waals surface area contributed by atoms with E-state index >= 15 is 0 Å². The maximum atomic E-state index is 4.94. The van der Waals surface area contributed by atoms with E-state index in [9.17, 15) is 0 Å². The number of guanidine groups is 1. The van der Waals surface area contributed by atoms with Crippen LogP contribution < -0.4 is 5.32 Å². The summed E-state index contributed by atoms with van der Waals surface area (Å²) < 4.78 is 4.94. The topological polar surface area (TPSA) is 60.1 Å². The largest absolute Gasteiger partial charge is 0.364 e. The smallest absolute Gasteiger partial charge is 0.193 e. The number of nitrogens with zero attached hydrogens (tertiary/aromatic N) is 5. The molecular formula is C20H32N6OS. The Labute approximate surface area is 172 Å². The van der Waals surface area contributed by atoms with E-state index in [-0.39, 0.29) is 0 Å². The van der Waals surface area contributed by atoms with Crippen molar-refractivity contribution in [3.63, 3.8) is 0 Å². The standard InChI is InChI=1S/C20H32N6OS/c1-4-25(5-2)19(17-7-13-28-16-17)14-22-20(21-3)26-10-8-24(9-11-26)15-18-6-12-27-23-18/h6-7,12-13,16,19H,4-5,8-11,14-15H2,1-3H3,(H,21,22). The molecule has 7 nitrogen and oxygen atoms in total. The fourth-order valence-electron chi connectivity index (χ4n) is 3.77. The summed E-state index contributed by atoms with van der Waals surface area (Å²) in [7, 11) is 1.88. The number of likely N-dealkylation sites (N-methyl/N-ethyl adjacent to an activating group) is 1. The molecule has 0 saturated carbocycles. The Morgan fingerprint density at radius 3 is 2.64 bits per heavy atom. The van der Waals surface area contributed by atoms with E-state index in [1.165, 1.54) is 5.56 Å². The summed E-state index contributed by atoms with van der Waals surface area (Å²) in [6, 6.07) is 4.54. The summed E-state index contributed by atoms with van der Waals surface area (Å²) >= 11 is 1.76. The Kier molecular flexibility index (Phi) is 7.88. The molecule has 28 heavy (non-hydrogen) atoms. The molecular weight excluding hydrogens is 372 g/mol. The maximum Gasteiger partial charge on any atom is 0.193 e. The second-order valence-corrected chi connectivity index (χ2v) is 7.76. The van der Waals surface area contributed by atoms with Crippen molar-refractivity contribution in [1.29, 1.82) is 0 Å². The zero-order valence-corrected chi connectivity index (χ0v) is 18.0. The second-order valence-electron chi connectivity index (χ2n) is 6.98. The highest BCUT2D eigenvalue weighted by atomic mass is 32.1. The molecule has 3 rings (SSSR count). The van der Waals surface area contributed by atoms with Gasteiger partial charge >= 0.3 is 0 Å². The van der Waals surface area contributed by atoms with Gasteiger partial charge in [0.2, 0.25) is 0 Å². The molecule has 0 spiro atoms. The van der Waals surface area contributed by atoms with Gasteiger partial charge in [0.05, 0.1) is 11.7 Å². The molecule has 1 aliphatic rings. The number of nitrogens with one attached hydrogen (secondary N) is 1. The molecule has 8 heteroatoms. The van der Waals surface area contributed by atoms with Crippen LogP contribution in [-0.2, 0) is 6.54 Å². The van der Waals surface area contributed by atoms with Crippen molar-refractivity contribution in [3.05, 3.63) is 40.4 Å². The minimum atomic E-state index is 0.367. The highest BCUT2D eigenvalue weighted by Gasteiger charge is 2.23. The van der Waals surface area contributed by atoms with Crippen LogP contribution in [-0.4, -0.2) is 78.7 Å². The van der Waals surface area contributed by atoms with E-state index in [0.29, 0.717) is 6.04 Å². The van der Waals surface area contributed by atoms with Crippen molar-refractivity contribution in [3.8, 4) is 0 Å². The van der Waals surface area contributed by atoms with Gasteiger partial charge in [-0.25, -0.2) is 0 Å². The van der Waals surface area contributed by atoms with Crippen LogP contribution in [0.25, 0.3) is 0 Å². The molecule has 1 fully saturated rings. The summed E-state index contributed by atoms with van der Waals surface area (Å²) in [4.78, 5) is 11.8. The van der Waals surface area contributed by atoms with E-state index in [4.69, 9.17) is 4.52 Å². The van der Waals surface area contributed by atoms with E-state index in [1.807, 2.05) is 13.1 Å².